The molecular formula is C24H35N5O7. The molecule has 0 unspecified atom stereocenters. The topological polar surface area (TPSA) is 157 Å². The molecule has 1 amide bonds. The zero-order chi connectivity index (χ0) is 26.3. The number of aliphatic hydroxyl groups is 2. The Balaban J connectivity index is 1.92. The van der Waals surface area contributed by atoms with Gasteiger partial charge >= 0.3 is 12.1 Å². The Labute approximate surface area is 209 Å². The summed E-state index contributed by atoms with van der Waals surface area (Å²) >= 11 is 0. The second kappa shape index (κ2) is 12.2. The second-order valence-electron chi connectivity index (χ2n) is 9.11. The molecule has 0 radical (unpaired) electrons. The van der Waals surface area contributed by atoms with Crippen LogP contribution in [0.3, 0.4) is 0 Å². The van der Waals surface area contributed by atoms with E-state index < -0.39 is 42.6 Å². The van der Waals surface area contributed by atoms with Crippen molar-refractivity contribution >= 4 is 29.6 Å². The van der Waals surface area contributed by atoms with Gasteiger partial charge in [-0.2, -0.15) is 5.10 Å². The van der Waals surface area contributed by atoms with E-state index in [2.05, 4.69) is 27.3 Å². The van der Waals surface area contributed by atoms with Crippen molar-refractivity contribution < 1.29 is 34.0 Å². The number of amides is 1. The molecular weight excluding hydrogens is 470 g/mol. The summed E-state index contributed by atoms with van der Waals surface area (Å²) in [5.41, 5.74) is -0.833. The molecule has 2 aromatic rings. The van der Waals surface area contributed by atoms with Crippen LogP contribution in [0.4, 0.5) is 10.6 Å². The zero-order valence-corrected chi connectivity index (χ0v) is 21.1. The molecule has 198 valence electrons. The van der Waals surface area contributed by atoms with E-state index in [1.165, 1.54) is 24.1 Å². The van der Waals surface area contributed by atoms with Crippen molar-refractivity contribution in [1.29, 1.82) is 0 Å². The monoisotopic (exact) mass is 505 g/mol. The molecule has 12 heteroatoms. The largest absolute Gasteiger partial charge is 0.457 e. The highest BCUT2D eigenvalue weighted by molar-refractivity contribution is 5.89. The molecule has 3 heterocycles. The number of unbranched alkanes of at least 4 members (excludes halogenated alkanes) is 2. The van der Waals surface area contributed by atoms with E-state index in [4.69, 9.17) is 14.2 Å². The van der Waals surface area contributed by atoms with Crippen LogP contribution in [0.5, 0.6) is 0 Å². The zero-order valence-electron chi connectivity index (χ0n) is 21.1. The molecule has 0 spiro atoms. The van der Waals surface area contributed by atoms with Gasteiger partial charge in [-0.15, -0.1) is 0 Å². The average molecular weight is 506 g/mol. The molecule has 0 aliphatic carbocycles. The minimum atomic E-state index is -1.59. The highest BCUT2D eigenvalue weighted by Gasteiger charge is 2.58. The van der Waals surface area contributed by atoms with Crippen LogP contribution in [0.15, 0.2) is 23.5 Å². The van der Waals surface area contributed by atoms with Crippen LogP contribution in [-0.4, -0.2) is 81.7 Å². The van der Waals surface area contributed by atoms with Crippen molar-refractivity contribution in [2.75, 3.05) is 25.6 Å². The number of carbonyl (C=O) groups excluding carboxylic acids is 2. The predicted molar refractivity (Wildman–Crippen MR) is 131 cm³/mol. The fourth-order valence-corrected chi connectivity index (χ4v) is 4.20. The second-order valence-corrected chi connectivity index (χ2v) is 9.11. The Hall–Kier alpha value is -3.09. The Morgan fingerprint density at radius 2 is 2.14 bits per heavy atom. The molecule has 0 aromatic carbocycles. The molecule has 3 rings (SSSR count). The van der Waals surface area contributed by atoms with Gasteiger partial charge in [-0.3, -0.25) is 15.1 Å². The van der Waals surface area contributed by atoms with E-state index in [-0.39, 0.29) is 18.2 Å². The molecule has 3 N–H and O–H groups in total. The highest BCUT2D eigenvalue weighted by atomic mass is 16.6. The molecule has 0 bridgehead atoms. The third-order valence-electron chi connectivity index (χ3n) is 5.86. The summed E-state index contributed by atoms with van der Waals surface area (Å²) in [7, 11) is 1.51. The fraction of sp³-hybridized carbons (Fsp3) is 0.625. The van der Waals surface area contributed by atoms with E-state index in [0.717, 1.165) is 19.3 Å². The van der Waals surface area contributed by atoms with Gasteiger partial charge in [-0.05, 0) is 24.5 Å². The maximum atomic E-state index is 12.4. The number of anilines is 1. The lowest BCUT2D eigenvalue weighted by molar-refractivity contribution is -0.157. The molecule has 1 fully saturated rings. The lowest BCUT2D eigenvalue weighted by atomic mass is 9.92. The number of hydrogen-bond donors (Lipinski definition) is 3. The summed E-state index contributed by atoms with van der Waals surface area (Å²) in [6, 6.07) is 3.29. The first-order valence-corrected chi connectivity index (χ1v) is 12.1. The summed E-state index contributed by atoms with van der Waals surface area (Å²) in [5.74, 6) is -0.250. The van der Waals surface area contributed by atoms with Crippen molar-refractivity contribution in [3.63, 3.8) is 0 Å². The molecule has 36 heavy (non-hydrogen) atoms. The van der Waals surface area contributed by atoms with E-state index >= 15 is 0 Å². The van der Waals surface area contributed by atoms with Crippen LogP contribution in [0.2, 0.25) is 0 Å². The van der Waals surface area contributed by atoms with E-state index in [0.29, 0.717) is 17.8 Å². The summed E-state index contributed by atoms with van der Waals surface area (Å²) < 4.78 is 18.3. The minimum Gasteiger partial charge on any atom is -0.457 e. The van der Waals surface area contributed by atoms with Crippen molar-refractivity contribution in [2.45, 2.75) is 70.4 Å². The smallest absolute Gasteiger partial charge is 0.412 e. The number of hydrogen-bond acceptors (Lipinski definition) is 10. The number of aliphatic hydroxyl groups excluding tert-OH is 2. The van der Waals surface area contributed by atoms with E-state index in [1.54, 1.807) is 12.1 Å². The van der Waals surface area contributed by atoms with Crippen LogP contribution in [0, 0.1) is 5.92 Å². The normalized spacial score (nSPS) is 24.0. The third-order valence-corrected chi connectivity index (χ3v) is 5.86. The predicted octanol–water partition coefficient (Wildman–Crippen LogP) is 2.07. The quantitative estimate of drug-likeness (QED) is 0.236. The number of ether oxygens (including phenoxy) is 3. The summed E-state index contributed by atoms with van der Waals surface area (Å²) in [6.45, 7) is 5.61. The first-order chi connectivity index (χ1) is 17.3. The maximum Gasteiger partial charge on any atom is 0.412 e. The molecule has 1 saturated heterocycles. The number of esters is 1. The maximum absolute atomic E-state index is 12.4. The number of nitrogens with one attached hydrogen (secondary N) is 1. The first-order valence-electron chi connectivity index (χ1n) is 12.1. The van der Waals surface area contributed by atoms with Crippen molar-refractivity contribution in [1.82, 2.24) is 14.6 Å². The van der Waals surface area contributed by atoms with Crippen LogP contribution in [0.25, 0.3) is 5.52 Å². The number of fused-ring (bicyclic) bond motifs is 1. The van der Waals surface area contributed by atoms with Crippen LogP contribution in [-0.2, 0) is 24.6 Å². The Morgan fingerprint density at radius 1 is 1.36 bits per heavy atom. The number of carbonyl (C=O) groups is 2. The Morgan fingerprint density at radius 3 is 2.81 bits per heavy atom. The molecule has 1 aliphatic heterocycles. The van der Waals surface area contributed by atoms with Gasteiger partial charge < -0.3 is 24.4 Å². The Bertz CT molecular complexity index is 1070. The van der Waals surface area contributed by atoms with E-state index in [1.807, 2.05) is 13.8 Å². The lowest BCUT2D eigenvalue weighted by Gasteiger charge is -2.28. The van der Waals surface area contributed by atoms with Gasteiger partial charge in [0.1, 0.15) is 24.1 Å². The van der Waals surface area contributed by atoms with Crippen molar-refractivity contribution in [2.24, 2.45) is 10.9 Å². The van der Waals surface area contributed by atoms with Crippen LogP contribution < -0.4 is 5.32 Å². The first kappa shape index (κ1) is 27.5. The summed E-state index contributed by atoms with van der Waals surface area (Å²) in [6.07, 6.45) is 1.33. The fourth-order valence-electron chi connectivity index (χ4n) is 4.20. The third kappa shape index (κ3) is 5.82. The molecule has 12 nitrogen and oxygen atoms in total. The van der Waals surface area contributed by atoms with Gasteiger partial charge in [0.25, 0.3) is 0 Å². The van der Waals surface area contributed by atoms with E-state index in [9.17, 15) is 19.8 Å². The van der Waals surface area contributed by atoms with Gasteiger partial charge in [0.05, 0.1) is 18.9 Å². The Kier molecular flexibility index (Phi) is 9.35. The number of rotatable bonds is 11. The van der Waals surface area contributed by atoms with Crippen LogP contribution >= 0.6 is 0 Å². The van der Waals surface area contributed by atoms with Gasteiger partial charge in [0.15, 0.2) is 17.5 Å². The standard InChI is InChI=1S/C24H35N5O7/c1-5-6-7-10-34-23(33)28-22-16-8-9-18(29(16)27-14-26-22)24(13-25-4)21(32)20(17(12-30)36-24)35-19(31)11-15(2)3/h8-9,13-15,17,20-21,30,32H,5-7,10-12H2,1-4H3,(H,26,27,28,33)/t17-,20-,21-,24+/m1/s1. The van der Waals surface area contributed by atoms with Gasteiger partial charge in [-0.25, -0.2) is 14.3 Å². The number of aliphatic imine (C=N–C) groups is 1. The number of nitrogens with zero attached hydrogens (tertiary/aromatic N) is 4. The highest BCUT2D eigenvalue weighted by Crippen LogP contribution is 2.41. The molecule has 4 atom stereocenters. The summed E-state index contributed by atoms with van der Waals surface area (Å²) in [4.78, 5) is 32.8. The minimum absolute atomic E-state index is 0.0574. The molecule has 2 aromatic heterocycles. The van der Waals surface area contributed by atoms with Crippen molar-refractivity contribution in [3.8, 4) is 0 Å². The number of aromatic nitrogens is 3. The summed E-state index contributed by atoms with van der Waals surface area (Å²) in [5, 5.41) is 28.2. The van der Waals surface area contributed by atoms with Gasteiger partial charge in [0, 0.05) is 19.7 Å². The van der Waals surface area contributed by atoms with Gasteiger partial charge in [0.2, 0.25) is 0 Å². The average Bonchev–Trinajstić information content (AvgIpc) is 3.38. The lowest BCUT2D eigenvalue weighted by Crippen LogP contribution is -2.45. The van der Waals surface area contributed by atoms with Gasteiger partial charge in [-0.1, -0.05) is 33.6 Å². The van der Waals surface area contributed by atoms with Crippen molar-refractivity contribution in [3.05, 3.63) is 24.2 Å². The molecule has 1 aliphatic rings. The SMILES string of the molecule is CCCCCOC(=O)Nc1ncnn2c([C@]3(C=NC)O[C@H](CO)[C@@H](OC(=O)CC(C)C)[C@H]3O)ccc12. The van der Waals surface area contributed by atoms with Crippen LogP contribution in [0.1, 0.15) is 52.1 Å². The molecule has 0 saturated carbocycles.